The molecule has 0 saturated heterocycles. The highest BCUT2D eigenvalue weighted by molar-refractivity contribution is 6.00. The number of fused-ring (bicyclic) bond motifs is 1. The molecule has 0 atom stereocenters. The molecule has 1 aliphatic carbocycles. The summed E-state index contributed by atoms with van der Waals surface area (Å²) in [5.41, 5.74) is 2.27. The molecule has 0 aromatic carbocycles. The summed E-state index contributed by atoms with van der Waals surface area (Å²) in [6.07, 6.45) is 8.36. The molecule has 0 aliphatic heterocycles. The Balaban J connectivity index is 1.54. The quantitative estimate of drug-likeness (QED) is 0.775. The van der Waals surface area contributed by atoms with Gasteiger partial charge in [0.05, 0.1) is 11.9 Å². The van der Waals surface area contributed by atoms with Crippen molar-refractivity contribution < 1.29 is 13.8 Å². The Hall–Kier alpha value is -3.10. The van der Waals surface area contributed by atoms with Crippen molar-refractivity contribution in [2.75, 3.05) is 5.32 Å². The first-order chi connectivity index (χ1) is 11.3. The Morgan fingerprint density at radius 2 is 2.04 bits per heavy atom. The van der Waals surface area contributed by atoms with Gasteiger partial charge in [-0.25, -0.2) is 4.98 Å². The lowest BCUT2D eigenvalue weighted by atomic mass is 9.98. The molecule has 3 aromatic heterocycles. The van der Waals surface area contributed by atoms with E-state index in [4.69, 9.17) is 9.05 Å². The van der Waals surface area contributed by atoms with Gasteiger partial charge < -0.3 is 9.05 Å². The first-order valence-electron chi connectivity index (χ1n) is 7.20. The molecule has 1 amide bonds. The molecule has 0 spiro atoms. The van der Waals surface area contributed by atoms with Gasteiger partial charge in [0, 0.05) is 18.0 Å². The standard InChI is InChI=1S/C14H12N6O3/c21-12(18-13-8-3-1-2-4-9(8)19-22-13)14-17-11(20-23-14)10-7-15-5-6-16-10/h5-7H,1-4H2,(H,18,21). The molecule has 0 fully saturated rings. The van der Waals surface area contributed by atoms with E-state index < -0.39 is 5.91 Å². The first-order valence-corrected chi connectivity index (χ1v) is 7.20. The molecule has 3 heterocycles. The summed E-state index contributed by atoms with van der Waals surface area (Å²) in [6.45, 7) is 0. The van der Waals surface area contributed by atoms with Gasteiger partial charge >= 0.3 is 11.8 Å². The van der Waals surface area contributed by atoms with Crippen molar-refractivity contribution in [1.29, 1.82) is 0 Å². The number of amides is 1. The normalized spacial score (nSPS) is 13.6. The average Bonchev–Trinajstić information content (AvgIpc) is 3.24. The number of hydrogen-bond acceptors (Lipinski definition) is 8. The molecule has 116 valence electrons. The third-order valence-corrected chi connectivity index (χ3v) is 3.60. The van der Waals surface area contributed by atoms with Crippen LogP contribution < -0.4 is 5.32 Å². The zero-order valence-corrected chi connectivity index (χ0v) is 12.0. The fourth-order valence-corrected chi connectivity index (χ4v) is 2.48. The molecular weight excluding hydrogens is 300 g/mol. The van der Waals surface area contributed by atoms with Crippen LogP contribution in [0.2, 0.25) is 0 Å². The summed E-state index contributed by atoms with van der Waals surface area (Å²) in [4.78, 5) is 24.2. The number of nitrogens with zero attached hydrogens (tertiary/aromatic N) is 5. The lowest BCUT2D eigenvalue weighted by molar-refractivity contribution is 0.0978. The predicted molar refractivity (Wildman–Crippen MR) is 76.4 cm³/mol. The van der Waals surface area contributed by atoms with Crippen LogP contribution >= 0.6 is 0 Å². The number of anilines is 1. The monoisotopic (exact) mass is 312 g/mol. The molecule has 0 radical (unpaired) electrons. The van der Waals surface area contributed by atoms with Gasteiger partial charge in [0.15, 0.2) is 0 Å². The van der Waals surface area contributed by atoms with E-state index in [1.165, 1.54) is 18.6 Å². The minimum absolute atomic E-state index is 0.174. The first kappa shape index (κ1) is 13.6. The highest BCUT2D eigenvalue weighted by atomic mass is 16.5. The van der Waals surface area contributed by atoms with Gasteiger partial charge in [-0.1, -0.05) is 10.3 Å². The van der Waals surface area contributed by atoms with Crippen molar-refractivity contribution in [1.82, 2.24) is 25.3 Å². The average molecular weight is 312 g/mol. The van der Waals surface area contributed by atoms with Gasteiger partial charge in [-0.2, -0.15) is 4.98 Å². The summed E-state index contributed by atoms with van der Waals surface area (Å²) in [6, 6.07) is 0. The summed E-state index contributed by atoms with van der Waals surface area (Å²) in [5.74, 6) is -0.171. The van der Waals surface area contributed by atoms with Crippen LogP contribution in [0.1, 0.15) is 34.8 Å². The second-order valence-corrected chi connectivity index (χ2v) is 5.11. The molecule has 4 rings (SSSR count). The van der Waals surface area contributed by atoms with Gasteiger partial charge in [0.25, 0.3) is 0 Å². The van der Waals surface area contributed by atoms with Crippen LogP contribution in [0.25, 0.3) is 11.5 Å². The number of carbonyl (C=O) groups is 1. The molecular formula is C14H12N6O3. The van der Waals surface area contributed by atoms with E-state index in [1.54, 1.807) is 0 Å². The molecule has 1 N–H and O–H groups in total. The Morgan fingerprint density at radius 1 is 1.13 bits per heavy atom. The lowest BCUT2D eigenvalue weighted by Crippen LogP contribution is -2.14. The minimum atomic E-state index is -0.544. The lowest BCUT2D eigenvalue weighted by Gasteiger charge is -2.08. The minimum Gasteiger partial charge on any atom is -0.338 e. The fraction of sp³-hybridized carbons (Fsp3) is 0.286. The van der Waals surface area contributed by atoms with E-state index in [0.29, 0.717) is 11.6 Å². The molecule has 9 heteroatoms. The van der Waals surface area contributed by atoms with E-state index >= 15 is 0 Å². The van der Waals surface area contributed by atoms with E-state index in [2.05, 4.69) is 30.6 Å². The Labute approximate surface area is 130 Å². The highest BCUT2D eigenvalue weighted by Gasteiger charge is 2.23. The summed E-state index contributed by atoms with van der Waals surface area (Å²) >= 11 is 0. The van der Waals surface area contributed by atoms with E-state index in [-0.39, 0.29) is 11.7 Å². The topological polar surface area (TPSA) is 120 Å². The highest BCUT2D eigenvalue weighted by Crippen LogP contribution is 2.27. The van der Waals surface area contributed by atoms with Crippen molar-refractivity contribution in [3.8, 4) is 11.5 Å². The van der Waals surface area contributed by atoms with Crippen LogP contribution in [0, 0.1) is 0 Å². The maximum atomic E-state index is 12.2. The van der Waals surface area contributed by atoms with Crippen LogP contribution in [0.4, 0.5) is 5.88 Å². The molecule has 0 unspecified atom stereocenters. The molecule has 3 aromatic rings. The zero-order valence-electron chi connectivity index (χ0n) is 12.0. The predicted octanol–water partition coefficient (Wildman–Crippen LogP) is 1.65. The van der Waals surface area contributed by atoms with Crippen molar-refractivity contribution in [3.05, 3.63) is 35.7 Å². The van der Waals surface area contributed by atoms with Gasteiger partial charge in [-0.3, -0.25) is 15.1 Å². The third-order valence-electron chi connectivity index (χ3n) is 3.60. The zero-order chi connectivity index (χ0) is 15.6. The number of aromatic nitrogens is 5. The van der Waals surface area contributed by atoms with Crippen molar-refractivity contribution >= 4 is 11.8 Å². The van der Waals surface area contributed by atoms with Crippen LogP contribution in [-0.2, 0) is 12.8 Å². The maximum absolute atomic E-state index is 12.2. The van der Waals surface area contributed by atoms with Crippen LogP contribution in [0.3, 0.4) is 0 Å². The Morgan fingerprint density at radius 3 is 2.91 bits per heavy atom. The van der Waals surface area contributed by atoms with Gasteiger partial charge in [-0.05, 0) is 25.7 Å². The van der Waals surface area contributed by atoms with Gasteiger partial charge in [0.1, 0.15) is 5.69 Å². The van der Waals surface area contributed by atoms with E-state index in [0.717, 1.165) is 36.9 Å². The fourth-order valence-electron chi connectivity index (χ4n) is 2.48. The van der Waals surface area contributed by atoms with E-state index in [9.17, 15) is 4.79 Å². The summed E-state index contributed by atoms with van der Waals surface area (Å²) < 4.78 is 10.2. The molecule has 23 heavy (non-hydrogen) atoms. The largest absolute Gasteiger partial charge is 0.338 e. The summed E-state index contributed by atoms with van der Waals surface area (Å²) in [7, 11) is 0. The van der Waals surface area contributed by atoms with Crippen molar-refractivity contribution in [3.63, 3.8) is 0 Å². The smallest absolute Gasteiger partial charge is 0.316 e. The number of hydrogen-bond donors (Lipinski definition) is 1. The second-order valence-electron chi connectivity index (χ2n) is 5.11. The Bertz CT molecular complexity index is 841. The van der Waals surface area contributed by atoms with Gasteiger partial charge in [-0.15, -0.1) is 0 Å². The number of carbonyl (C=O) groups excluding carboxylic acids is 1. The van der Waals surface area contributed by atoms with E-state index in [1.807, 2.05) is 0 Å². The van der Waals surface area contributed by atoms with Crippen molar-refractivity contribution in [2.24, 2.45) is 0 Å². The number of aryl methyl sites for hydroxylation is 1. The molecule has 9 nitrogen and oxygen atoms in total. The molecule has 0 saturated carbocycles. The van der Waals surface area contributed by atoms with Crippen molar-refractivity contribution in [2.45, 2.75) is 25.7 Å². The van der Waals surface area contributed by atoms with Crippen LogP contribution in [0.5, 0.6) is 0 Å². The molecule has 1 aliphatic rings. The Kier molecular flexibility index (Phi) is 3.30. The number of nitrogens with one attached hydrogen (secondary N) is 1. The van der Waals surface area contributed by atoms with Gasteiger partial charge in [0.2, 0.25) is 11.7 Å². The summed E-state index contributed by atoms with van der Waals surface area (Å²) in [5, 5.41) is 10.3. The molecule has 0 bridgehead atoms. The number of rotatable bonds is 3. The van der Waals surface area contributed by atoms with Crippen LogP contribution in [0.15, 0.2) is 27.6 Å². The van der Waals surface area contributed by atoms with Crippen LogP contribution in [-0.4, -0.2) is 31.2 Å². The maximum Gasteiger partial charge on any atom is 0.316 e. The second kappa shape index (κ2) is 5.59. The SMILES string of the molecule is O=C(Nc1onc2c1CCCC2)c1nc(-c2cnccn2)no1. The third kappa shape index (κ3) is 2.56.